The number of nitrogens with one attached hydrogen (secondary N) is 1. The zero-order valence-electron chi connectivity index (χ0n) is 12.4. The molecule has 4 nitrogen and oxygen atoms in total. The number of hydrogen-bond donors (Lipinski definition) is 1. The molecule has 0 fully saturated rings. The fourth-order valence-electron chi connectivity index (χ4n) is 1.96. The molecule has 1 N–H and O–H groups in total. The van der Waals surface area contributed by atoms with E-state index in [1.54, 1.807) is 43.3 Å². The summed E-state index contributed by atoms with van der Waals surface area (Å²) < 4.78 is 4.89. The number of benzene rings is 2. The Morgan fingerprint density at radius 3 is 2.39 bits per heavy atom. The van der Waals surface area contributed by atoms with E-state index < -0.39 is 0 Å². The van der Waals surface area contributed by atoms with Crippen LogP contribution in [0.5, 0.6) is 0 Å². The molecule has 120 valence electrons. The van der Waals surface area contributed by atoms with Gasteiger partial charge in [-0.2, -0.15) is 0 Å². The van der Waals surface area contributed by atoms with Crippen molar-refractivity contribution >= 4 is 40.8 Å². The van der Waals surface area contributed by atoms with Crippen LogP contribution in [0.4, 0.5) is 5.69 Å². The number of carbonyl (C=O) groups is 2. The predicted octanol–water partition coefficient (Wildman–Crippen LogP) is 4.35. The van der Waals surface area contributed by atoms with Crippen molar-refractivity contribution in [1.82, 2.24) is 0 Å². The monoisotopic (exact) mass is 351 g/mol. The molecule has 0 aromatic heterocycles. The molecular formula is C17H15Cl2NO3. The molecule has 6 heteroatoms. The van der Waals surface area contributed by atoms with Crippen molar-refractivity contribution in [3.05, 3.63) is 63.6 Å². The minimum atomic E-state index is -0.329. The lowest BCUT2D eigenvalue weighted by molar-refractivity contribution is -0.142. The van der Waals surface area contributed by atoms with E-state index in [2.05, 4.69) is 5.32 Å². The number of esters is 1. The van der Waals surface area contributed by atoms with Crippen molar-refractivity contribution < 1.29 is 14.3 Å². The molecule has 0 heterocycles. The molecule has 0 atom stereocenters. The Balaban J connectivity index is 2.03. The van der Waals surface area contributed by atoms with Gasteiger partial charge in [-0.1, -0.05) is 35.3 Å². The van der Waals surface area contributed by atoms with Gasteiger partial charge in [-0.3, -0.25) is 9.59 Å². The van der Waals surface area contributed by atoms with Gasteiger partial charge in [0.1, 0.15) is 0 Å². The van der Waals surface area contributed by atoms with E-state index >= 15 is 0 Å². The van der Waals surface area contributed by atoms with Crippen LogP contribution in [0.2, 0.25) is 10.0 Å². The molecule has 2 rings (SSSR count). The third-order valence-electron chi connectivity index (χ3n) is 3.04. The van der Waals surface area contributed by atoms with Crippen LogP contribution >= 0.6 is 23.2 Å². The summed E-state index contributed by atoms with van der Waals surface area (Å²) in [5.74, 6) is -0.609. The summed E-state index contributed by atoms with van der Waals surface area (Å²) in [7, 11) is 0. The first-order chi connectivity index (χ1) is 11.0. The van der Waals surface area contributed by atoms with Crippen LogP contribution in [-0.2, 0) is 16.0 Å². The van der Waals surface area contributed by atoms with Crippen molar-refractivity contribution in [2.45, 2.75) is 13.3 Å². The molecule has 0 radical (unpaired) electrons. The Hall–Kier alpha value is -2.04. The molecule has 0 spiro atoms. The van der Waals surface area contributed by atoms with Crippen LogP contribution in [0, 0.1) is 0 Å². The highest BCUT2D eigenvalue weighted by molar-refractivity contribution is 6.37. The lowest BCUT2D eigenvalue weighted by atomic mass is 10.1. The van der Waals surface area contributed by atoms with Gasteiger partial charge < -0.3 is 10.1 Å². The number of anilines is 1. The number of halogens is 2. The molecular weight excluding hydrogens is 337 g/mol. The van der Waals surface area contributed by atoms with Crippen molar-refractivity contribution in [1.29, 1.82) is 0 Å². The first-order valence-electron chi connectivity index (χ1n) is 7.00. The van der Waals surface area contributed by atoms with Crippen molar-refractivity contribution in [3.8, 4) is 0 Å². The first-order valence-corrected chi connectivity index (χ1v) is 7.76. The summed E-state index contributed by atoms with van der Waals surface area (Å²) in [6.07, 6.45) is 0.199. The van der Waals surface area contributed by atoms with Gasteiger partial charge in [0.25, 0.3) is 5.91 Å². The number of rotatable bonds is 5. The summed E-state index contributed by atoms with van der Waals surface area (Å²) in [5.41, 5.74) is 1.76. The summed E-state index contributed by atoms with van der Waals surface area (Å²) in [6.45, 7) is 2.12. The Labute approximate surface area is 144 Å². The summed E-state index contributed by atoms with van der Waals surface area (Å²) in [6, 6.07) is 11.6. The normalized spacial score (nSPS) is 10.2. The standard InChI is InChI=1S/C17H15Cl2NO3/c1-2-23-16(21)9-11-3-6-13(7-4-11)20-17(22)14-8-5-12(18)10-15(14)19/h3-8,10H,2,9H2,1H3,(H,20,22). The molecule has 1 amide bonds. The number of hydrogen-bond acceptors (Lipinski definition) is 3. The molecule has 0 unspecified atom stereocenters. The van der Waals surface area contributed by atoms with Crippen LogP contribution in [0.25, 0.3) is 0 Å². The molecule has 0 aliphatic heterocycles. The minimum absolute atomic E-state index is 0.199. The molecule has 23 heavy (non-hydrogen) atoms. The van der Waals surface area contributed by atoms with E-state index in [-0.39, 0.29) is 23.3 Å². The fraction of sp³-hybridized carbons (Fsp3) is 0.176. The zero-order valence-corrected chi connectivity index (χ0v) is 13.9. The average molecular weight is 352 g/mol. The van der Waals surface area contributed by atoms with Gasteiger partial charge >= 0.3 is 5.97 Å². The van der Waals surface area contributed by atoms with Gasteiger partial charge in [0.05, 0.1) is 23.6 Å². The summed E-state index contributed by atoms with van der Waals surface area (Å²) in [4.78, 5) is 23.6. The Morgan fingerprint density at radius 2 is 1.78 bits per heavy atom. The quantitative estimate of drug-likeness (QED) is 0.814. The number of ether oxygens (including phenoxy) is 1. The second-order valence-corrected chi connectivity index (χ2v) is 5.60. The van der Waals surface area contributed by atoms with Crippen LogP contribution in [0.3, 0.4) is 0 Å². The second kappa shape index (κ2) is 7.99. The third-order valence-corrected chi connectivity index (χ3v) is 3.59. The largest absolute Gasteiger partial charge is 0.466 e. The van der Waals surface area contributed by atoms with Crippen LogP contribution in [0.15, 0.2) is 42.5 Å². The molecule has 0 aliphatic rings. The van der Waals surface area contributed by atoms with Gasteiger partial charge in [0.15, 0.2) is 0 Å². The first kappa shape index (κ1) is 17.3. The maximum absolute atomic E-state index is 12.2. The molecule has 0 saturated heterocycles. The number of amides is 1. The van der Waals surface area contributed by atoms with Gasteiger partial charge in [-0.25, -0.2) is 0 Å². The molecule has 2 aromatic carbocycles. The summed E-state index contributed by atoms with van der Waals surface area (Å²) in [5, 5.41) is 3.50. The van der Waals surface area contributed by atoms with Gasteiger partial charge in [-0.05, 0) is 42.8 Å². The number of carbonyl (C=O) groups excluding carboxylic acids is 2. The zero-order chi connectivity index (χ0) is 16.8. The topological polar surface area (TPSA) is 55.4 Å². The maximum Gasteiger partial charge on any atom is 0.310 e. The molecule has 0 bridgehead atoms. The third kappa shape index (κ3) is 4.98. The van der Waals surface area contributed by atoms with Crippen LogP contribution in [0.1, 0.15) is 22.8 Å². The van der Waals surface area contributed by atoms with E-state index in [0.29, 0.717) is 22.9 Å². The van der Waals surface area contributed by atoms with Gasteiger partial charge in [0, 0.05) is 10.7 Å². The van der Waals surface area contributed by atoms with Crippen LogP contribution in [-0.4, -0.2) is 18.5 Å². The Morgan fingerprint density at radius 1 is 1.09 bits per heavy atom. The highest BCUT2D eigenvalue weighted by Gasteiger charge is 2.11. The van der Waals surface area contributed by atoms with Crippen molar-refractivity contribution in [2.75, 3.05) is 11.9 Å². The second-order valence-electron chi connectivity index (χ2n) is 4.76. The maximum atomic E-state index is 12.2. The predicted molar refractivity (Wildman–Crippen MR) is 91.2 cm³/mol. The molecule has 0 saturated carbocycles. The SMILES string of the molecule is CCOC(=O)Cc1ccc(NC(=O)c2ccc(Cl)cc2Cl)cc1. The van der Waals surface area contributed by atoms with Crippen molar-refractivity contribution in [2.24, 2.45) is 0 Å². The van der Waals surface area contributed by atoms with Gasteiger partial charge in [0.2, 0.25) is 0 Å². The summed E-state index contributed by atoms with van der Waals surface area (Å²) >= 11 is 11.8. The van der Waals surface area contributed by atoms with E-state index in [4.69, 9.17) is 27.9 Å². The Bertz CT molecular complexity index is 714. The Kier molecular flexibility index (Phi) is 6.02. The van der Waals surface area contributed by atoms with Crippen molar-refractivity contribution in [3.63, 3.8) is 0 Å². The highest BCUT2D eigenvalue weighted by atomic mass is 35.5. The van der Waals surface area contributed by atoms with Crippen LogP contribution < -0.4 is 5.32 Å². The minimum Gasteiger partial charge on any atom is -0.466 e. The van der Waals surface area contributed by atoms with Gasteiger partial charge in [-0.15, -0.1) is 0 Å². The molecule has 2 aromatic rings. The lowest BCUT2D eigenvalue weighted by Crippen LogP contribution is -2.12. The molecule has 0 aliphatic carbocycles. The smallest absolute Gasteiger partial charge is 0.310 e. The van der Waals surface area contributed by atoms with E-state index in [1.807, 2.05) is 0 Å². The lowest BCUT2D eigenvalue weighted by Gasteiger charge is -2.08. The van der Waals surface area contributed by atoms with E-state index in [9.17, 15) is 9.59 Å². The fourth-order valence-corrected chi connectivity index (χ4v) is 2.45. The van der Waals surface area contributed by atoms with E-state index in [0.717, 1.165) is 5.56 Å². The highest BCUT2D eigenvalue weighted by Crippen LogP contribution is 2.22. The van der Waals surface area contributed by atoms with E-state index in [1.165, 1.54) is 6.07 Å². The average Bonchev–Trinajstić information content (AvgIpc) is 2.49.